The van der Waals surface area contributed by atoms with Crippen molar-refractivity contribution in [3.05, 3.63) is 71.3 Å². The number of carbonyl (C=O) groups is 1. The molecule has 1 fully saturated rings. The van der Waals surface area contributed by atoms with Crippen LogP contribution in [0.2, 0.25) is 0 Å². The first-order valence-electron chi connectivity index (χ1n) is 11.2. The van der Waals surface area contributed by atoms with Crippen molar-refractivity contribution in [3.63, 3.8) is 0 Å². The predicted molar refractivity (Wildman–Crippen MR) is 127 cm³/mol. The molecule has 0 bridgehead atoms. The Morgan fingerprint density at radius 2 is 1.97 bits per heavy atom. The number of carbonyl (C=O) groups excluding carboxylic acids is 1. The number of hydrogen-bond donors (Lipinski definition) is 0. The molecular formula is C26H29FN4O2. The van der Waals surface area contributed by atoms with Crippen molar-refractivity contribution in [2.45, 2.75) is 32.2 Å². The lowest BCUT2D eigenvalue weighted by molar-refractivity contribution is 0.0603. The minimum Gasteiger partial charge on any atom is -0.496 e. The summed E-state index contributed by atoms with van der Waals surface area (Å²) in [5.74, 6) is 0.733. The summed E-state index contributed by atoms with van der Waals surface area (Å²) in [7, 11) is 5.34. The van der Waals surface area contributed by atoms with E-state index in [0.717, 1.165) is 36.1 Å². The number of rotatable bonds is 5. The predicted octanol–water partition coefficient (Wildman–Crippen LogP) is 5.03. The summed E-state index contributed by atoms with van der Waals surface area (Å²) >= 11 is 0. The third kappa shape index (κ3) is 4.53. The van der Waals surface area contributed by atoms with Crippen molar-refractivity contribution in [2.75, 3.05) is 32.6 Å². The molecule has 6 nitrogen and oxygen atoms in total. The highest BCUT2D eigenvalue weighted by Crippen LogP contribution is 2.38. The monoisotopic (exact) mass is 448 g/mol. The smallest absolute Gasteiger partial charge is 0.258 e. The third-order valence-electron chi connectivity index (χ3n) is 6.07. The molecule has 2 aromatic carbocycles. The van der Waals surface area contributed by atoms with Gasteiger partial charge >= 0.3 is 0 Å². The second-order valence-corrected chi connectivity index (χ2v) is 8.54. The molecule has 1 saturated heterocycles. The van der Waals surface area contributed by atoms with Crippen molar-refractivity contribution in [1.29, 1.82) is 0 Å². The number of aryl methyl sites for hydroxylation is 1. The molecule has 0 aliphatic carbocycles. The van der Waals surface area contributed by atoms with Gasteiger partial charge in [-0.15, -0.1) is 0 Å². The number of aromatic nitrogens is 2. The zero-order valence-electron chi connectivity index (χ0n) is 19.5. The van der Waals surface area contributed by atoms with Gasteiger partial charge in [0.1, 0.15) is 11.6 Å². The lowest BCUT2D eigenvalue weighted by Gasteiger charge is -2.37. The van der Waals surface area contributed by atoms with Gasteiger partial charge in [-0.05, 0) is 55.5 Å². The van der Waals surface area contributed by atoms with E-state index in [0.29, 0.717) is 29.4 Å². The average molecular weight is 449 g/mol. The number of anilines is 1. The summed E-state index contributed by atoms with van der Waals surface area (Å²) in [6, 6.07) is 11.8. The Bertz CT molecular complexity index is 1160. The summed E-state index contributed by atoms with van der Waals surface area (Å²) in [4.78, 5) is 26.8. The van der Waals surface area contributed by atoms with E-state index in [9.17, 15) is 9.18 Å². The van der Waals surface area contributed by atoms with Crippen molar-refractivity contribution >= 4 is 11.9 Å². The number of benzene rings is 2. The van der Waals surface area contributed by atoms with Gasteiger partial charge in [-0.25, -0.2) is 14.4 Å². The second-order valence-electron chi connectivity index (χ2n) is 8.54. The van der Waals surface area contributed by atoms with Gasteiger partial charge in [-0.3, -0.25) is 4.79 Å². The Morgan fingerprint density at radius 3 is 2.70 bits per heavy atom. The Labute approximate surface area is 194 Å². The van der Waals surface area contributed by atoms with Gasteiger partial charge in [0.2, 0.25) is 5.95 Å². The van der Waals surface area contributed by atoms with Gasteiger partial charge in [0, 0.05) is 32.4 Å². The van der Waals surface area contributed by atoms with Crippen molar-refractivity contribution in [2.24, 2.45) is 0 Å². The van der Waals surface area contributed by atoms with Crippen LogP contribution in [0.25, 0.3) is 11.1 Å². The Morgan fingerprint density at radius 1 is 1.18 bits per heavy atom. The van der Waals surface area contributed by atoms with Crippen LogP contribution in [0, 0.1) is 12.7 Å². The number of amides is 1. The van der Waals surface area contributed by atoms with Crippen LogP contribution in [0.4, 0.5) is 10.3 Å². The van der Waals surface area contributed by atoms with E-state index in [2.05, 4.69) is 4.98 Å². The number of para-hydroxylation sites is 1. The number of piperidine rings is 1. The van der Waals surface area contributed by atoms with Crippen LogP contribution < -0.4 is 9.64 Å². The zero-order valence-corrected chi connectivity index (χ0v) is 19.5. The van der Waals surface area contributed by atoms with Gasteiger partial charge in [0.05, 0.1) is 24.4 Å². The molecule has 1 aliphatic heterocycles. The summed E-state index contributed by atoms with van der Waals surface area (Å²) in [6.07, 6.45) is 4.39. The molecule has 1 atom stereocenters. The second kappa shape index (κ2) is 9.57. The van der Waals surface area contributed by atoms with Crippen LogP contribution in [0.3, 0.4) is 0 Å². The lowest BCUT2D eigenvalue weighted by Crippen LogP contribution is -2.39. The molecule has 172 valence electrons. The van der Waals surface area contributed by atoms with Crippen LogP contribution in [0.1, 0.15) is 46.9 Å². The SMILES string of the molecule is COc1c(C)cccc1C(=O)N1CCCCC1c1nc(N(C)C)ncc1-c1cccc(F)c1. The standard InChI is InChI=1S/C26H29FN4O2/c1-17-9-7-12-20(24(17)33-4)25(32)31-14-6-5-13-22(31)23-21(16-28-26(29-23)30(2)3)18-10-8-11-19(27)15-18/h7-12,15-16,22H,5-6,13-14H2,1-4H3. The molecule has 1 aromatic heterocycles. The number of halogens is 1. The lowest BCUT2D eigenvalue weighted by atomic mass is 9.93. The Balaban J connectivity index is 1.83. The van der Waals surface area contributed by atoms with E-state index in [-0.39, 0.29) is 17.8 Å². The number of hydrogen-bond acceptors (Lipinski definition) is 5. The highest BCUT2D eigenvalue weighted by molar-refractivity contribution is 5.97. The molecule has 7 heteroatoms. The topological polar surface area (TPSA) is 58.6 Å². The van der Waals surface area contributed by atoms with Crippen LogP contribution in [0.15, 0.2) is 48.7 Å². The summed E-state index contributed by atoms with van der Waals surface area (Å²) in [6.45, 7) is 2.55. The fourth-order valence-corrected chi connectivity index (χ4v) is 4.44. The van der Waals surface area contributed by atoms with E-state index in [1.165, 1.54) is 12.1 Å². The maximum Gasteiger partial charge on any atom is 0.258 e. The Kier molecular flexibility index (Phi) is 6.58. The number of nitrogens with zero attached hydrogens (tertiary/aromatic N) is 4. The first kappa shape index (κ1) is 22.7. The van der Waals surface area contributed by atoms with Gasteiger partial charge in [-0.2, -0.15) is 0 Å². The van der Waals surface area contributed by atoms with Crippen molar-refractivity contribution in [1.82, 2.24) is 14.9 Å². The van der Waals surface area contributed by atoms with E-state index in [4.69, 9.17) is 9.72 Å². The molecule has 0 radical (unpaired) electrons. The minimum absolute atomic E-state index is 0.0875. The van der Waals surface area contributed by atoms with Gasteiger partial charge in [0.15, 0.2) is 0 Å². The van der Waals surface area contributed by atoms with E-state index >= 15 is 0 Å². The summed E-state index contributed by atoms with van der Waals surface area (Å²) < 4.78 is 19.6. The molecule has 4 rings (SSSR count). The molecule has 1 amide bonds. The quantitative estimate of drug-likeness (QED) is 0.548. The van der Waals surface area contributed by atoms with Gasteiger partial charge in [0.25, 0.3) is 5.91 Å². The molecule has 0 saturated carbocycles. The van der Waals surface area contributed by atoms with Crippen LogP contribution >= 0.6 is 0 Å². The maximum absolute atomic E-state index is 14.1. The molecule has 1 unspecified atom stereocenters. The fourth-order valence-electron chi connectivity index (χ4n) is 4.44. The largest absolute Gasteiger partial charge is 0.496 e. The van der Waals surface area contributed by atoms with Gasteiger partial charge < -0.3 is 14.5 Å². The van der Waals surface area contributed by atoms with Crippen molar-refractivity contribution < 1.29 is 13.9 Å². The normalized spacial score (nSPS) is 15.9. The first-order chi connectivity index (χ1) is 15.9. The Hall–Kier alpha value is -3.48. The number of methoxy groups -OCH3 is 1. The van der Waals surface area contributed by atoms with Crippen LogP contribution in [-0.4, -0.2) is 48.5 Å². The molecular weight excluding hydrogens is 419 g/mol. The average Bonchev–Trinajstić information content (AvgIpc) is 2.83. The van der Waals surface area contributed by atoms with Crippen molar-refractivity contribution in [3.8, 4) is 16.9 Å². The highest BCUT2D eigenvalue weighted by atomic mass is 19.1. The number of likely N-dealkylation sites (tertiary alicyclic amines) is 1. The summed E-state index contributed by atoms with van der Waals surface area (Å²) in [5, 5.41) is 0. The number of ether oxygens (including phenoxy) is 1. The van der Waals surface area contributed by atoms with Crippen LogP contribution in [-0.2, 0) is 0 Å². The highest BCUT2D eigenvalue weighted by Gasteiger charge is 2.33. The molecule has 2 heterocycles. The fraction of sp³-hybridized carbons (Fsp3) is 0.346. The third-order valence-corrected chi connectivity index (χ3v) is 6.07. The molecule has 0 spiro atoms. The molecule has 0 N–H and O–H groups in total. The maximum atomic E-state index is 14.1. The van der Waals surface area contributed by atoms with E-state index in [1.807, 2.05) is 49.0 Å². The zero-order chi connectivity index (χ0) is 23.5. The molecule has 3 aromatic rings. The molecule has 1 aliphatic rings. The summed E-state index contributed by atoms with van der Waals surface area (Å²) in [5.41, 5.74) is 3.62. The first-order valence-corrected chi connectivity index (χ1v) is 11.2. The van der Waals surface area contributed by atoms with E-state index < -0.39 is 0 Å². The van der Waals surface area contributed by atoms with Crippen LogP contribution in [0.5, 0.6) is 5.75 Å². The van der Waals surface area contributed by atoms with Gasteiger partial charge in [-0.1, -0.05) is 24.3 Å². The molecule has 33 heavy (non-hydrogen) atoms. The minimum atomic E-state index is -0.323. The van der Waals surface area contributed by atoms with E-state index in [1.54, 1.807) is 25.4 Å².